The lowest BCUT2D eigenvalue weighted by atomic mass is 10.00. The SMILES string of the molecule is COc1cc2c(cc1OC)C1C(C2)C(Nc2cccc(F)c2)=NN1C(=O)NCCNC(=O)C(C)C. The largest absolute Gasteiger partial charge is 0.493 e. The molecule has 1 heterocycles. The maximum atomic E-state index is 13.8. The summed E-state index contributed by atoms with van der Waals surface area (Å²) in [5.74, 6) is 1.01. The van der Waals surface area contributed by atoms with Gasteiger partial charge in [0.2, 0.25) is 5.91 Å². The second-order valence-electron chi connectivity index (χ2n) is 8.80. The number of hydrazone groups is 1. The van der Waals surface area contributed by atoms with Crippen molar-refractivity contribution >= 4 is 23.5 Å². The fraction of sp³-hybridized carbons (Fsp3) is 0.400. The van der Waals surface area contributed by atoms with Crippen molar-refractivity contribution in [2.24, 2.45) is 16.9 Å². The van der Waals surface area contributed by atoms with Gasteiger partial charge in [-0.3, -0.25) is 4.79 Å². The van der Waals surface area contributed by atoms with Crippen molar-refractivity contribution in [1.29, 1.82) is 0 Å². The Hall–Kier alpha value is -3.82. The predicted molar refractivity (Wildman–Crippen MR) is 130 cm³/mol. The number of hydrogen-bond donors (Lipinski definition) is 3. The molecule has 0 bridgehead atoms. The summed E-state index contributed by atoms with van der Waals surface area (Å²) in [5.41, 5.74) is 2.48. The van der Waals surface area contributed by atoms with Gasteiger partial charge in [-0.2, -0.15) is 5.10 Å². The van der Waals surface area contributed by atoms with Crippen molar-refractivity contribution in [3.05, 3.63) is 53.3 Å². The summed E-state index contributed by atoms with van der Waals surface area (Å²) in [6.07, 6.45) is 0.621. The summed E-state index contributed by atoms with van der Waals surface area (Å²) >= 11 is 0. The Bertz CT molecular complexity index is 1150. The highest BCUT2D eigenvalue weighted by Crippen LogP contribution is 2.48. The number of ether oxygens (including phenoxy) is 2. The number of amides is 3. The van der Waals surface area contributed by atoms with Crippen LogP contribution in [0.15, 0.2) is 41.5 Å². The van der Waals surface area contributed by atoms with Crippen LogP contribution < -0.4 is 25.4 Å². The molecule has 2 aromatic rings. The summed E-state index contributed by atoms with van der Waals surface area (Å²) < 4.78 is 24.7. The lowest BCUT2D eigenvalue weighted by Gasteiger charge is -2.23. The van der Waals surface area contributed by atoms with E-state index < -0.39 is 6.03 Å². The number of fused-ring (bicyclic) bond motifs is 3. The summed E-state index contributed by atoms with van der Waals surface area (Å²) in [5, 5.41) is 14.8. The van der Waals surface area contributed by atoms with Gasteiger partial charge in [0.25, 0.3) is 0 Å². The highest BCUT2D eigenvalue weighted by Gasteiger charge is 2.47. The minimum Gasteiger partial charge on any atom is -0.493 e. The van der Waals surface area contributed by atoms with Crippen LogP contribution in [0, 0.1) is 17.7 Å². The van der Waals surface area contributed by atoms with Crippen molar-refractivity contribution in [3.63, 3.8) is 0 Å². The van der Waals surface area contributed by atoms with Gasteiger partial charge in [0.05, 0.1) is 20.3 Å². The number of methoxy groups -OCH3 is 2. The van der Waals surface area contributed by atoms with Gasteiger partial charge in [-0.15, -0.1) is 0 Å². The van der Waals surface area contributed by atoms with Crippen LogP contribution in [0.1, 0.15) is 31.0 Å². The number of rotatable bonds is 7. The van der Waals surface area contributed by atoms with Crippen LogP contribution in [0.25, 0.3) is 0 Å². The lowest BCUT2D eigenvalue weighted by molar-refractivity contribution is -0.123. The number of urea groups is 1. The first kappa shape index (κ1) is 24.3. The molecule has 2 aromatic carbocycles. The van der Waals surface area contributed by atoms with E-state index >= 15 is 0 Å². The number of anilines is 1. The third-order valence-corrected chi connectivity index (χ3v) is 6.15. The van der Waals surface area contributed by atoms with Crippen LogP contribution in [-0.2, 0) is 11.2 Å². The molecular formula is C25H30FN5O4. The molecule has 1 aliphatic carbocycles. The van der Waals surface area contributed by atoms with Crippen molar-refractivity contribution in [2.45, 2.75) is 26.3 Å². The molecule has 10 heteroatoms. The van der Waals surface area contributed by atoms with Crippen molar-refractivity contribution in [2.75, 3.05) is 32.6 Å². The van der Waals surface area contributed by atoms with Crippen LogP contribution in [-0.4, -0.2) is 50.1 Å². The van der Waals surface area contributed by atoms with Crippen LogP contribution in [0.3, 0.4) is 0 Å². The molecule has 0 radical (unpaired) electrons. The Balaban J connectivity index is 1.58. The van der Waals surface area contributed by atoms with Gasteiger partial charge in [-0.05, 0) is 47.9 Å². The normalized spacial score (nSPS) is 18.0. The number of nitrogens with zero attached hydrogens (tertiary/aromatic N) is 2. The quantitative estimate of drug-likeness (QED) is 0.525. The first-order chi connectivity index (χ1) is 16.8. The topological polar surface area (TPSA) is 104 Å². The van der Waals surface area contributed by atoms with Crippen molar-refractivity contribution in [1.82, 2.24) is 15.6 Å². The van der Waals surface area contributed by atoms with E-state index in [-0.39, 0.29) is 36.1 Å². The maximum absolute atomic E-state index is 13.8. The van der Waals surface area contributed by atoms with Crippen LogP contribution in [0.5, 0.6) is 11.5 Å². The summed E-state index contributed by atoms with van der Waals surface area (Å²) in [4.78, 5) is 24.9. The smallest absolute Gasteiger partial charge is 0.338 e. The highest BCUT2D eigenvalue weighted by atomic mass is 19.1. The standard InChI is InChI=1S/C25H30FN5O4/c1-14(2)24(32)27-8-9-28-25(33)31-22-18-13-21(35-4)20(34-3)11-15(18)10-19(22)23(30-31)29-17-7-5-6-16(26)12-17/h5-7,11-14,19,22H,8-10H2,1-4H3,(H,27,32)(H,28,33)(H,29,30). The van der Waals surface area contributed by atoms with Gasteiger partial charge in [0.1, 0.15) is 11.7 Å². The summed E-state index contributed by atoms with van der Waals surface area (Å²) in [7, 11) is 3.14. The molecule has 2 atom stereocenters. The minimum atomic E-state index is -0.391. The molecular weight excluding hydrogens is 453 g/mol. The maximum Gasteiger partial charge on any atom is 0.338 e. The average molecular weight is 484 g/mol. The van der Waals surface area contributed by atoms with Crippen LogP contribution >= 0.6 is 0 Å². The van der Waals surface area contributed by atoms with Gasteiger partial charge in [0, 0.05) is 30.6 Å². The van der Waals surface area contributed by atoms with Gasteiger partial charge >= 0.3 is 6.03 Å². The number of benzene rings is 2. The fourth-order valence-electron chi connectivity index (χ4n) is 4.40. The predicted octanol–water partition coefficient (Wildman–Crippen LogP) is 3.28. The van der Waals surface area contributed by atoms with E-state index in [2.05, 4.69) is 21.1 Å². The number of hydrogen-bond acceptors (Lipinski definition) is 6. The van der Waals surface area contributed by atoms with E-state index in [9.17, 15) is 14.0 Å². The molecule has 2 aliphatic rings. The molecule has 3 amide bonds. The highest BCUT2D eigenvalue weighted by molar-refractivity contribution is 6.01. The molecule has 1 aliphatic heterocycles. The zero-order valence-electron chi connectivity index (χ0n) is 20.2. The molecule has 186 valence electrons. The number of amidine groups is 1. The minimum absolute atomic E-state index is 0.0779. The Kier molecular flexibility index (Phi) is 7.09. The Morgan fingerprint density at radius 3 is 2.51 bits per heavy atom. The van der Waals surface area contributed by atoms with E-state index in [1.54, 1.807) is 40.2 Å². The first-order valence-electron chi connectivity index (χ1n) is 11.5. The van der Waals surface area contributed by atoms with E-state index in [1.807, 2.05) is 12.1 Å². The Morgan fingerprint density at radius 1 is 1.11 bits per heavy atom. The zero-order valence-corrected chi connectivity index (χ0v) is 20.2. The number of nitrogens with one attached hydrogen (secondary N) is 3. The number of halogens is 1. The number of carbonyl (C=O) groups excluding carboxylic acids is 2. The molecule has 4 rings (SSSR count). The molecule has 0 fully saturated rings. The molecule has 2 unspecified atom stereocenters. The van der Waals surface area contributed by atoms with Crippen LogP contribution in [0.4, 0.5) is 14.9 Å². The van der Waals surface area contributed by atoms with Gasteiger partial charge in [-0.25, -0.2) is 14.2 Å². The van der Waals surface area contributed by atoms with E-state index in [4.69, 9.17) is 9.47 Å². The monoisotopic (exact) mass is 483 g/mol. The summed E-state index contributed by atoms with van der Waals surface area (Å²) in [6.45, 7) is 4.18. The Morgan fingerprint density at radius 2 is 1.83 bits per heavy atom. The first-order valence-corrected chi connectivity index (χ1v) is 11.5. The fourth-order valence-corrected chi connectivity index (χ4v) is 4.40. The lowest BCUT2D eigenvalue weighted by Crippen LogP contribution is -2.42. The van der Waals surface area contributed by atoms with Crippen LogP contribution in [0.2, 0.25) is 0 Å². The third kappa shape index (κ3) is 5.01. The van der Waals surface area contributed by atoms with Gasteiger partial charge in [0.15, 0.2) is 11.5 Å². The van der Waals surface area contributed by atoms with E-state index in [0.717, 1.165) is 11.1 Å². The van der Waals surface area contributed by atoms with Gasteiger partial charge in [-0.1, -0.05) is 19.9 Å². The molecule has 0 saturated carbocycles. The molecule has 3 N–H and O–H groups in total. The van der Waals surface area contributed by atoms with Crippen molar-refractivity contribution in [3.8, 4) is 11.5 Å². The molecule has 0 saturated heterocycles. The number of carbonyl (C=O) groups is 2. The molecule has 9 nitrogen and oxygen atoms in total. The van der Waals surface area contributed by atoms with Crippen molar-refractivity contribution < 1.29 is 23.5 Å². The summed E-state index contributed by atoms with van der Waals surface area (Å²) in [6, 6.07) is 9.14. The third-order valence-electron chi connectivity index (χ3n) is 6.15. The van der Waals surface area contributed by atoms with Gasteiger partial charge < -0.3 is 25.4 Å². The zero-order chi connectivity index (χ0) is 25.1. The molecule has 0 aromatic heterocycles. The van der Waals surface area contributed by atoms with E-state index in [0.29, 0.717) is 36.0 Å². The molecule has 35 heavy (non-hydrogen) atoms. The molecule has 0 spiro atoms. The van der Waals surface area contributed by atoms with E-state index in [1.165, 1.54) is 17.1 Å². The Labute approximate surface area is 203 Å². The second-order valence-corrected chi connectivity index (χ2v) is 8.80. The second kappa shape index (κ2) is 10.2. The average Bonchev–Trinajstić information content (AvgIpc) is 3.37.